The second kappa shape index (κ2) is 6.82. The van der Waals surface area contributed by atoms with Crippen molar-refractivity contribution in [2.45, 2.75) is 13.3 Å². The van der Waals surface area contributed by atoms with Crippen LogP contribution in [0.4, 0.5) is 5.13 Å². The molecule has 0 saturated heterocycles. The third-order valence-electron chi connectivity index (χ3n) is 1.58. The first kappa shape index (κ1) is 13.4. The Morgan fingerprint density at radius 3 is 3.12 bits per heavy atom. The van der Waals surface area contributed by atoms with Gasteiger partial charge in [0.2, 0.25) is 0 Å². The number of thiocarbonyl (C=S) groups is 1. The van der Waals surface area contributed by atoms with Gasteiger partial charge < -0.3 is 10.1 Å². The van der Waals surface area contributed by atoms with Crippen LogP contribution in [-0.2, 0) is 16.0 Å². The average molecular weight is 276 g/mol. The van der Waals surface area contributed by atoms with E-state index in [4.69, 9.17) is 17.0 Å². The van der Waals surface area contributed by atoms with Gasteiger partial charge in [0.1, 0.15) is 4.32 Å². The van der Waals surface area contributed by atoms with E-state index in [1.165, 1.54) is 23.1 Å². The fourth-order valence-corrected chi connectivity index (χ4v) is 2.08. The van der Waals surface area contributed by atoms with E-state index in [1.807, 2.05) is 11.6 Å². The van der Waals surface area contributed by atoms with Crippen molar-refractivity contribution in [2.75, 3.05) is 18.2 Å². The molecule has 1 heterocycles. The van der Waals surface area contributed by atoms with E-state index >= 15 is 0 Å². The summed E-state index contributed by atoms with van der Waals surface area (Å²) in [6.07, 6.45) is 2.10. The monoisotopic (exact) mass is 276 g/mol. The summed E-state index contributed by atoms with van der Waals surface area (Å²) < 4.78 is 5.50. The lowest BCUT2D eigenvalue weighted by atomic mass is 10.3. The van der Waals surface area contributed by atoms with Crippen LogP contribution in [0.15, 0.2) is 5.38 Å². The van der Waals surface area contributed by atoms with E-state index in [0.717, 1.165) is 0 Å². The van der Waals surface area contributed by atoms with Crippen LogP contribution < -0.4 is 5.32 Å². The average Bonchev–Trinajstić information content (AvgIpc) is 2.65. The number of esters is 1. The highest BCUT2D eigenvalue weighted by atomic mass is 32.2. The molecule has 1 rings (SSSR count). The minimum Gasteiger partial charge on any atom is -0.466 e. The van der Waals surface area contributed by atoms with E-state index in [9.17, 15) is 4.79 Å². The molecule has 0 unspecified atom stereocenters. The molecule has 0 radical (unpaired) electrons. The third-order valence-corrected chi connectivity index (χ3v) is 3.46. The summed E-state index contributed by atoms with van der Waals surface area (Å²) in [6.45, 7) is 2.17. The number of aromatic nitrogens is 1. The van der Waals surface area contributed by atoms with Gasteiger partial charge in [0.15, 0.2) is 5.13 Å². The highest BCUT2D eigenvalue weighted by Crippen LogP contribution is 2.17. The number of nitrogens with one attached hydrogen (secondary N) is 1. The Labute approximate surface area is 108 Å². The lowest BCUT2D eigenvalue weighted by Crippen LogP contribution is -2.08. The molecule has 0 fully saturated rings. The van der Waals surface area contributed by atoms with Gasteiger partial charge in [0, 0.05) is 5.38 Å². The summed E-state index contributed by atoms with van der Waals surface area (Å²) in [7, 11) is 0. The van der Waals surface area contributed by atoms with Crippen LogP contribution in [0, 0.1) is 0 Å². The van der Waals surface area contributed by atoms with Crippen molar-refractivity contribution in [1.82, 2.24) is 4.98 Å². The SMILES string of the molecule is CCOC(=O)Cc1csc(NC(=S)SC)n1. The van der Waals surface area contributed by atoms with E-state index in [-0.39, 0.29) is 12.4 Å². The fourth-order valence-electron chi connectivity index (χ4n) is 0.944. The largest absolute Gasteiger partial charge is 0.466 e. The molecule has 1 aromatic heterocycles. The number of hydrogen-bond donors (Lipinski definition) is 1. The fraction of sp³-hybridized carbons (Fsp3) is 0.444. The molecule has 0 aliphatic carbocycles. The molecular weight excluding hydrogens is 264 g/mol. The lowest BCUT2D eigenvalue weighted by molar-refractivity contribution is -0.142. The van der Waals surface area contributed by atoms with Crippen molar-refractivity contribution in [3.05, 3.63) is 11.1 Å². The number of rotatable bonds is 4. The zero-order valence-corrected chi connectivity index (χ0v) is 11.4. The predicted octanol–water partition coefficient (Wildman–Crippen LogP) is 2.31. The molecule has 0 bridgehead atoms. The molecule has 0 amide bonds. The molecule has 0 aliphatic heterocycles. The maximum atomic E-state index is 11.2. The highest BCUT2D eigenvalue weighted by molar-refractivity contribution is 8.22. The van der Waals surface area contributed by atoms with Crippen molar-refractivity contribution in [3.63, 3.8) is 0 Å². The first-order chi connectivity index (χ1) is 7.65. The molecule has 16 heavy (non-hydrogen) atoms. The van der Waals surface area contributed by atoms with Gasteiger partial charge in [-0.1, -0.05) is 12.2 Å². The number of hydrogen-bond acceptors (Lipinski definition) is 6. The quantitative estimate of drug-likeness (QED) is 0.673. The number of nitrogens with zero attached hydrogens (tertiary/aromatic N) is 1. The Bertz CT molecular complexity index is 379. The highest BCUT2D eigenvalue weighted by Gasteiger charge is 2.08. The molecule has 88 valence electrons. The molecule has 1 aromatic rings. The summed E-state index contributed by atoms with van der Waals surface area (Å²) in [6, 6.07) is 0. The summed E-state index contributed by atoms with van der Waals surface area (Å²) in [4.78, 5) is 15.4. The van der Waals surface area contributed by atoms with Gasteiger partial charge >= 0.3 is 5.97 Å². The topological polar surface area (TPSA) is 51.2 Å². The van der Waals surface area contributed by atoms with Crippen LogP contribution in [0.5, 0.6) is 0 Å². The van der Waals surface area contributed by atoms with Crippen LogP contribution in [0.25, 0.3) is 0 Å². The Balaban J connectivity index is 2.51. The molecular formula is C9H12N2O2S3. The van der Waals surface area contributed by atoms with Crippen LogP contribution in [0.2, 0.25) is 0 Å². The molecule has 0 spiro atoms. The Morgan fingerprint density at radius 2 is 2.50 bits per heavy atom. The van der Waals surface area contributed by atoms with Gasteiger partial charge in [0.25, 0.3) is 0 Å². The van der Waals surface area contributed by atoms with Crippen molar-refractivity contribution < 1.29 is 9.53 Å². The number of carbonyl (C=O) groups is 1. The number of anilines is 1. The molecule has 0 aromatic carbocycles. The lowest BCUT2D eigenvalue weighted by Gasteiger charge is -1.99. The molecule has 0 saturated carbocycles. The number of ether oxygens (including phenoxy) is 1. The molecule has 1 N–H and O–H groups in total. The predicted molar refractivity (Wildman–Crippen MR) is 72.2 cm³/mol. The standard InChI is InChI=1S/C9H12N2O2S3/c1-3-13-7(12)4-6-5-16-8(10-6)11-9(14)15-2/h5H,3-4H2,1-2H3,(H,10,11,14). The van der Waals surface area contributed by atoms with Gasteiger partial charge in [-0.2, -0.15) is 0 Å². The number of thioether (sulfide) groups is 1. The second-order valence-electron chi connectivity index (χ2n) is 2.74. The zero-order valence-electron chi connectivity index (χ0n) is 8.98. The van der Waals surface area contributed by atoms with Crippen LogP contribution in [-0.4, -0.2) is 28.1 Å². The van der Waals surface area contributed by atoms with Crippen molar-refractivity contribution >= 4 is 50.7 Å². The molecule has 7 heteroatoms. The Hall–Kier alpha value is -0.660. The first-order valence-corrected chi connectivity index (χ1v) is 7.12. The number of carbonyl (C=O) groups excluding carboxylic acids is 1. The van der Waals surface area contributed by atoms with E-state index < -0.39 is 0 Å². The maximum absolute atomic E-state index is 11.2. The van der Waals surface area contributed by atoms with Gasteiger partial charge in [-0.3, -0.25) is 4.79 Å². The third kappa shape index (κ3) is 4.46. The van der Waals surface area contributed by atoms with E-state index in [1.54, 1.807) is 6.92 Å². The zero-order chi connectivity index (χ0) is 12.0. The maximum Gasteiger partial charge on any atom is 0.311 e. The van der Waals surface area contributed by atoms with Gasteiger partial charge in [-0.15, -0.1) is 23.1 Å². The van der Waals surface area contributed by atoms with Gasteiger partial charge in [0.05, 0.1) is 18.7 Å². The van der Waals surface area contributed by atoms with E-state index in [2.05, 4.69) is 10.3 Å². The first-order valence-electron chi connectivity index (χ1n) is 4.60. The molecule has 0 atom stereocenters. The van der Waals surface area contributed by atoms with Crippen molar-refractivity contribution in [3.8, 4) is 0 Å². The molecule has 4 nitrogen and oxygen atoms in total. The minimum atomic E-state index is -0.258. The van der Waals surface area contributed by atoms with Crippen LogP contribution in [0.1, 0.15) is 12.6 Å². The minimum absolute atomic E-state index is 0.206. The van der Waals surface area contributed by atoms with Crippen LogP contribution in [0.3, 0.4) is 0 Å². The smallest absolute Gasteiger partial charge is 0.311 e. The number of thiazole rings is 1. The summed E-state index contributed by atoms with van der Waals surface area (Å²) >= 11 is 7.87. The van der Waals surface area contributed by atoms with Gasteiger partial charge in [-0.05, 0) is 13.2 Å². The molecule has 0 aliphatic rings. The summed E-state index contributed by atoms with van der Waals surface area (Å²) in [5, 5.41) is 5.50. The van der Waals surface area contributed by atoms with E-state index in [0.29, 0.717) is 21.8 Å². The van der Waals surface area contributed by atoms with Gasteiger partial charge in [-0.25, -0.2) is 4.98 Å². The van der Waals surface area contributed by atoms with Crippen LogP contribution >= 0.6 is 35.3 Å². The second-order valence-corrected chi connectivity index (χ2v) is 5.08. The summed E-state index contributed by atoms with van der Waals surface area (Å²) in [5.41, 5.74) is 0.704. The van der Waals surface area contributed by atoms with Crippen molar-refractivity contribution in [1.29, 1.82) is 0 Å². The Morgan fingerprint density at radius 1 is 1.75 bits per heavy atom. The summed E-state index contributed by atoms with van der Waals surface area (Å²) in [5.74, 6) is -0.258. The normalized spacial score (nSPS) is 9.88. The van der Waals surface area contributed by atoms with Crippen molar-refractivity contribution in [2.24, 2.45) is 0 Å². The Kier molecular flexibility index (Phi) is 5.72.